The van der Waals surface area contributed by atoms with Gasteiger partial charge in [-0.15, -0.1) is 0 Å². The number of carbonyl (C=O) groups is 1. The average Bonchev–Trinajstić information content (AvgIpc) is 2.89. The summed E-state index contributed by atoms with van der Waals surface area (Å²) in [6.45, 7) is 3.39. The highest BCUT2D eigenvalue weighted by atomic mass is 16.6. The third kappa shape index (κ3) is 4.15. The zero-order valence-corrected chi connectivity index (χ0v) is 13.3. The molecule has 0 aliphatic carbocycles. The summed E-state index contributed by atoms with van der Waals surface area (Å²) >= 11 is 0. The number of H-pyrrole nitrogens is 2. The molecule has 9 nitrogen and oxygen atoms in total. The van der Waals surface area contributed by atoms with E-state index in [0.717, 1.165) is 0 Å². The third-order valence-electron chi connectivity index (χ3n) is 3.52. The maximum Gasteiger partial charge on any atom is 0.270 e. The second kappa shape index (κ2) is 7.36. The molecule has 0 unspecified atom stereocenters. The number of hydrogen-bond acceptors (Lipinski definition) is 5. The van der Waals surface area contributed by atoms with Crippen LogP contribution in [-0.2, 0) is 11.2 Å². The minimum absolute atomic E-state index is 0.0458. The van der Waals surface area contributed by atoms with Crippen molar-refractivity contribution < 1.29 is 9.72 Å². The van der Waals surface area contributed by atoms with Crippen LogP contribution in [0, 0.1) is 17.0 Å². The number of aromatic nitrogens is 2. The standard InChI is InChI=1S/C15H17N5O4/c1-9(11-4-3-5-12(8-11)20(23)24)16-18-14(21)7-6-13-10(2)17-19-15(13)22/h3-5,8H,6-7H2,1-2H3,(H,18,21)(H2,17,19,22)/b16-9+. The van der Waals surface area contributed by atoms with Crippen LogP contribution in [0.15, 0.2) is 34.2 Å². The summed E-state index contributed by atoms with van der Waals surface area (Å²) < 4.78 is 0. The van der Waals surface area contributed by atoms with Crippen molar-refractivity contribution in [1.29, 1.82) is 0 Å². The van der Waals surface area contributed by atoms with Gasteiger partial charge in [0.1, 0.15) is 0 Å². The molecule has 0 saturated carbocycles. The summed E-state index contributed by atoms with van der Waals surface area (Å²) in [5, 5.41) is 19.8. The second-order valence-electron chi connectivity index (χ2n) is 5.22. The number of nitro benzene ring substituents is 1. The summed E-state index contributed by atoms with van der Waals surface area (Å²) in [4.78, 5) is 33.6. The number of nitrogens with one attached hydrogen (secondary N) is 3. The quantitative estimate of drug-likeness (QED) is 0.419. The number of nitrogens with zero attached hydrogens (tertiary/aromatic N) is 2. The molecule has 1 amide bonds. The van der Waals surface area contributed by atoms with E-state index in [1.165, 1.54) is 12.1 Å². The Bertz CT molecular complexity index is 850. The van der Waals surface area contributed by atoms with Crippen molar-refractivity contribution in [3.05, 3.63) is 61.6 Å². The number of hydrazone groups is 1. The van der Waals surface area contributed by atoms with Crippen molar-refractivity contribution in [2.75, 3.05) is 0 Å². The van der Waals surface area contributed by atoms with Gasteiger partial charge in [0.15, 0.2) is 0 Å². The van der Waals surface area contributed by atoms with Crippen LogP contribution in [-0.4, -0.2) is 26.7 Å². The van der Waals surface area contributed by atoms with Gasteiger partial charge in [0, 0.05) is 35.4 Å². The molecule has 0 saturated heterocycles. The number of aryl methyl sites for hydroxylation is 1. The van der Waals surface area contributed by atoms with Gasteiger partial charge in [0.25, 0.3) is 11.2 Å². The maximum atomic E-state index is 11.8. The van der Waals surface area contributed by atoms with E-state index in [0.29, 0.717) is 29.0 Å². The van der Waals surface area contributed by atoms with E-state index in [9.17, 15) is 19.7 Å². The van der Waals surface area contributed by atoms with Crippen molar-refractivity contribution in [3.63, 3.8) is 0 Å². The molecule has 0 atom stereocenters. The topological polar surface area (TPSA) is 133 Å². The average molecular weight is 331 g/mol. The van der Waals surface area contributed by atoms with Gasteiger partial charge in [0.05, 0.1) is 10.6 Å². The van der Waals surface area contributed by atoms with E-state index in [1.54, 1.807) is 26.0 Å². The lowest BCUT2D eigenvalue weighted by Crippen LogP contribution is -2.20. The molecule has 0 aliphatic rings. The zero-order chi connectivity index (χ0) is 17.7. The van der Waals surface area contributed by atoms with Crippen molar-refractivity contribution >= 4 is 17.3 Å². The number of carbonyl (C=O) groups excluding carboxylic acids is 1. The number of rotatable bonds is 6. The Balaban J connectivity index is 1.97. The Kier molecular flexibility index (Phi) is 5.25. The molecule has 0 spiro atoms. The van der Waals surface area contributed by atoms with Crippen molar-refractivity contribution in [1.82, 2.24) is 15.6 Å². The summed E-state index contributed by atoms with van der Waals surface area (Å²) in [6.07, 6.45) is 0.398. The Morgan fingerprint density at radius 2 is 2.12 bits per heavy atom. The lowest BCUT2D eigenvalue weighted by Gasteiger charge is -2.03. The van der Waals surface area contributed by atoms with Crippen molar-refractivity contribution in [3.8, 4) is 0 Å². The summed E-state index contributed by atoms with van der Waals surface area (Å²) in [6, 6.07) is 5.98. The van der Waals surface area contributed by atoms with Crippen LogP contribution in [0.25, 0.3) is 0 Å². The molecule has 1 aromatic carbocycles. The van der Waals surface area contributed by atoms with Crippen LogP contribution in [0.1, 0.15) is 30.2 Å². The fraction of sp³-hybridized carbons (Fsp3) is 0.267. The Morgan fingerprint density at radius 1 is 1.38 bits per heavy atom. The molecule has 0 fully saturated rings. The number of amides is 1. The number of hydrogen-bond donors (Lipinski definition) is 3. The molecule has 1 aromatic heterocycles. The number of aromatic amines is 2. The first-order chi connectivity index (χ1) is 11.4. The molecule has 1 heterocycles. The van der Waals surface area contributed by atoms with Gasteiger partial charge in [-0.3, -0.25) is 24.8 Å². The summed E-state index contributed by atoms with van der Waals surface area (Å²) in [5.74, 6) is -0.347. The monoisotopic (exact) mass is 331 g/mol. The highest BCUT2D eigenvalue weighted by molar-refractivity contribution is 5.99. The van der Waals surface area contributed by atoms with Gasteiger partial charge in [-0.05, 0) is 20.3 Å². The second-order valence-corrected chi connectivity index (χ2v) is 5.22. The molecule has 0 bridgehead atoms. The van der Waals surface area contributed by atoms with Crippen molar-refractivity contribution in [2.24, 2.45) is 5.10 Å². The van der Waals surface area contributed by atoms with Gasteiger partial charge in [-0.2, -0.15) is 5.10 Å². The fourth-order valence-corrected chi connectivity index (χ4v) is 2.12. The molecule has 2 aromatic rings. The molecular formula is C15H17N5O4. The first-order valence-corrected chi connectivity index (χ1v) is 7.22. The maximum absolute atomic E-state index is 11.8. The van der Waals surface area contributed by atoms with Crippen LogP contribution in [0.2, 0.25) is 0 Å². The van der Waals surface area contributed by atoms with Crippen molar-refractivity contribution in [2.45, 2.75) is 26.7 Å². The normalized spacial score (nSPS) is 11.3. The SMILES string of the molecule is C/C(=N\NC(=O)CCc1c(C)[nH][nH]c1=O)c1cccc([N+](=O)[O-])c1. The largest absolute Gasteiger partial charge is 0.302 e. The van der Waals surface area contributed by atoms with Crippen LogP contribution in [0.5, 0.6) is 0 Å². The van der Waals surface area contributed by atoms with Gasteiger partial charge >= 0.3 is 0 Å². The van der Waals surface area contributed by atoms with E-state index in [1.807, 2.05) is 0 Å². The van der Waals surface area contributed by atoms with Crippen LogP contribution in [0.3, 0.4) is 0 Å². The van der Waals surface area contributed by atoms with E-state index >= 15 is 0 Å². The molecule has 3 N–H and O–H groups in total. The van der Waals surface area contributed by atoms with Gasteiger partial charge in [-0.25, -0.2) is 5.43 Å². The highest BCUT2D eigenvalue weighted by Gasteiger charge is 2.10. The lowest BCUT2D eigenvalue weighted by molar-refractivity contribution is -0.384. The first-order valence-electron chi connectivity index (χ1n) is 7.22. The van der Waals surface area contributed by atoms with Crippen LogP contribution >= 0.6 is 0 Å². The Morgan fingerprint density at radius 3 is 2.75 bits per heavy atom. The predicted molar refractivity (Wildman–Crippen MR) is 87.9 cm³/mol. The highest BCUT2D eigenvalue weighted by Crippen LogP contribution is 2.13. The van der Waals surface area contributed by atoms with Crippen LogP contribution < -0.4 is 11.0 Å². The summed E-state index contributed by atoms with van der Waals surface area (Å²) in [7, 11) is 0. The van der Waals surface area contributed by atoms with Gasteiger partial charge in [0.2, 0.25) is 5.91 Å². The fourth-order valence-electron chi connectivity index (χ4n) is 2.12. The number of nitro groups is 1. The first kappa shape index (κ1) is 17.1. The van der Waals surface area contributed by atoms with E-state index in [4.69, 9.17) is 0 Å². The third-order valence-corrected chi connectivity index (χ3v) is 3.52. The Labute approximate surface area is 136 Å². The van der Waals surface area contributed by atoms with E-state index in [-0.39, 0.29) is 23.6 Å². The predicted octanol–water partition coefficient (Wildman–Crippen LogP) is 1.39. The Hall–Kier alpha value is -3.23. The lowest BCUT2D eigenvalue weighted by atomic mass is 10.1. The zero-order valence-electron chi connectivity index (χ0n) is 13.3. The molecule has 0 aliphatic heterocycles. The minimum Gasteiger partial charge on any atom is -0.302 e. The molecule has 2 rings (SSSR count). The van der Waals surface area contributed by atoms with E-state index in [2.05, 4.69) is 20.7 Å². The molecule has 24 heavy (non-hydrogen) atoms. The van der Waals surface area contributed by atoms with E-state index < -0.39 is 4.92 Å². The van der Waals surface area contributed by atoms with Gasteiger partial charge in [-0.1, -0.05) is 12.1 Å². The van der Waals surface area contributed by atoms with Gasteiger partial charge < -0.3 is 5.10 Å². The molecular weight excluding hydrogens is 314 g/mol. The minimum atomic E-state index is -0.494. The molecule has 9 heteroatoms. The van der Waals surface area contributed by atoms with Crippen LogP contribution in [0.4, 0.5) is 5.69 Å². The molecule has 0 radical (unpaired) electrons. The smallest absolute Gasteiger partial charge is 0.270 e. The number of benzene rings is 1. The number of non-ortho nitro benzene ring substituents is 1. The summed E-state index contributed by atoms with van der Waals surface area (Å²) in [5.41, 5.74) is 4.32. The molecule has 126 valence electrons.